The van der Waals surface area contributed by atoms with Crippen molar-refractivity contribution in [3.63, 3.8) is 0 Å². The second-order valence-electron chi connectivity index (χ2n) is 7.13. The van der Waals surface area contributed by atoms with Crippen LogP contribution in [-0.2, 0) is 16.1 Å². The molecule has 1 aromatic carbocycles. The third kappa shape index (κ3) is 2.68. The summed E-state index contributed by atoms with van der Waals surface area (Å²) in [5, 5.41) is 3.01. The summed E-state index contributed by atoms with van der Waals surface area (Å²) in [5.41, 5.74) is 6.30. The van der Waals surface area contributed by atoms with E-state index in [9.17, 15) is 4.79 Å². The zero-order valence-corrected chi connectivity index (χ0v) is 15.3. The minimum Gasteiger partial charge on any atom is -0.496 e. The van der Waals surface area contributed by atoms with Crippen molar-refractivity contribution in [2.45, 2.75) is 44.9 Å². The van der Waals surface area contributed by atoms with Gasteiger partial charge < -0.3 is 20.5 Å². The number of hydrogen-bond donors (Lipinski definition) is 2. The predicted octanol–water partition coefficient (Wildman–Crippen LogP) is 2.27. The molecule has 5 nitrogen and oxygen atoms in total. The molecule has 0 bridgehead atoms. The molecular weight excluding hydrogens is 328 g/mol. The second-order valence-corrected chi connectivity index (χ2v) is 7.13. The first-order chi connectivity index (χ1) is 10.9. The van der Waals surface area contributed by atoms with Crippen LogP contribution in [0.4, 0.5) is 0 Å². The first-order valence-electron chi connectivity index (χ1n) is 8.23. The Labute approximate surface area is 149 Å². The first kappa shape index (κ1) is 19.0. The monoisotopic (exact) mass is 354 g/mol. The average molecular weight is 355 g/mol. The maximum atomic E-state index is 12.9. The SMILES string of the molecule is COc1ccccc1CNC(=O)C1(N)C2CCCOC2C1(C)C.Cl. The van der Waals surface area contributed by atoms with Crippen LogP contribution in [-0.4, -0.2) is 31.3 Å². The lowest BCUT2D eigenvalue weighted by Crippen LogP contribution is -2.82. The summed E-state index contributed by atoms with van der Waals surface area (Å²) in [6, 6.07) is 7.67. The van der Waals surface area contributed by atoms with Crippen molar-refractivity contribution in [3.05, 3.63) is 29.8 Å². The number of rotatable bonds is 4. The number of fused-ring (bicyclic) bond motifs is 1. The normalized spacial score (nSPS) is 30.3. The number of nitrogens with one attached hydrogen (secondary N) is 1. The number of carbonyl (C=O) groups excluding carboxylic acids is 1. The Kier molecular flexibility index (Phi) is 5.47. The number of methoxy groups -OCH3 is 1. The number of carbonyl (C=O) groups is 1. The van der Waals surface area contributed by atoms with Gasteiger partial charge in [-0.1, -0.05) is 32.0 Å². The van der Waals surface area contributed by atoms with Crippen LogP contribution < -0.4 is 15.8 Å². The number of ether oxygens (including phenoxy) is 2. The van der Waals surface area contributed by atoms with Crippen molar-refractivity contribution in [1.29, 1.82) is 0 Å². The minimum absolute atomic E-state index is 0. The van der Waals surface area contributed by atoms with Crippen molar-refractivity contribution >= 4 is 18.3 Å². The maximum absolute atomic E-state index is 12.9. The first-order valence-corrected chi connectivity index (χ1v) is 8.23. The highest BCUT2D eigenvalue weighted by Gasteiger charge is 2.70. The van der Waals surface area contributed by atoms with Crippen LogP contribution in [0.5, 0.6) is 5.75 Å². The highest BCUT2D eigenvalue weighted by atomic mass is 35.5. The number of para-hydroxylation sites is 1. The second kappa shape index (κ2) is 6.90. The van der Waals surface area contributed by atoms with Crippen molar-refractivity contribution in [2.75, 3.05) is 13.7 Å². The van der Waals surface area contributed by atoms with Gasteiger partial charge in [-0.3, -0.25) is 4.79 Å². The van der Waals surface area contributed by atoms with Gasteiger partial charge in [0.25, 0.3) is 0 Å². The van der Waals surface area contributed by atoms with E-state index in [4.69, 9.17) is 15.2 Å². The summed E-state index contributed by atoms with van der Waals surface area (Å²) in [6.45, 7) is 5.24. The van der Waals surface area contributed by atoms with Gasteiger partial charge in [0.2, 0.25) is 5.91 Å². The molecule has 0 spiro atoms. The molecule has 6 heteroatoms. The van der Waals surface area contributed by atoms with Crippen molar-refractivity contribution in [2.24, 2.45) is 17.1 Å². The van der Waals surface area contributed by atoms with Crippen LogP contribution in [0.2, 0.25) is 0 Å². The van der Waals surface area contributed by atoms with Gasteiger partial charge in [-0.15, -0.1) is 12.4 Å². The van der Waals surface area contributed by atoms with E-state index in [1.165, 1.54) is 0 Å². The molecule has 1 aliphatic heterocycles. The molecule has 24 heavy (non-hydrogen) atoms. The lowest BCUT2D eigenvalue weighted by Gasteiger charge is -2.65. The lowest BCUT2D eigenvalue weighted by molar-refractivity contribution is -0.225. The molecule has 1 aromatic rings. The lowest BCUT2D eigenvalue weighted by atomic mass is 9.46. The molecule has 0 aromatic heterocycles. The van der Waals surface area contributed by atoms with Gasteiger partial charge in [0, 0.05) is 30.0 Å². The van der Waals surface area contributed by atoms with Gasteiger partial charge >= 0.3 is 0 Å². The predicted molar refractivity (Wildman–Crippen MR) is 95.3 cm³/mol. The molecule has 3 rings (SSSR count). The third-order valence-corrected chi connectivity index (χ3v) is 5.69. The zero-order chi connectivity index (χ0) is 16.7. The molecule has 3 atom stereocenters. The van der Waals surface area contributed by atoms with Gasteiger partial charge in [0.05, 0.1) is 13.2 Å². The molecule has 3 unspecified atom stereocenters. The Morgan fingerprint density at radius 1 is 1.42 bits per heavy atom. The van der Waals surface area contributed by atoms with Crippen LogP contribution >= 0.6 is 12.4 Å². The van der Waals surface area contributed by atoms with Crippen molar-refractivity contribution in [3.8, 4) is 5.75 Å². The fraction of sp³-hybridized carbons (Fsp3) is 0.611. The summed E-state index contributed by atoms with van der Waals surface area (Å²) in [6.07, 6.45) is 2.00. The summed E-state index contributed by atoms with van der Waals surface area (Å²) >= 11 is 0. The van der Waals surface area contributed by atoms with Crippen LogP contribution in [0.15, 0.2) is 24.3 Å². The molecule has 0 radical (unpaired) electrons. The van der Waals surface area contributed by atoms with Gasteiger partial charge in [-0.2, -0.15) is 0 Å². The number of benzene rings is 1. The third-order valence-electron chi connectivity index (χ3n) is 5.69. The van der Waals surface area contributed by atoms with Crippen LogP contribution in [0.1, 0.15) is 32.3 Å². The standard InChI is InChI=1S/C18H26N2O3.ClH/c1-17(2)15-13(8-6-10-23-15)18(17,19)16(21)20-11-12-7-4-5-9-14(12)22-3;/h4-5,7,9,13,15H,6,8,10-11,19H2,1-3H3,(H,20,21);1H. The van der Waals surface area contributed by atoms with E-state index in [-0.39, 0.29) is 35.8 Å². The van der Waals surface area contributed by atoms with Crippen LogP contribution in [0.3, 0.4) is 0 Å². The summed E-state index contributed by atoms with van der Waals surface area (Å²) in [7, 11) is 1.63. The number of halogens is 1. The summed E-state index contributed by atoms with van der Waals surface area (Å²) < 4.78 is 11.2. The molecule has 1 saturated heterocycles. The molecule has 1 heterocycles. The fourth-order valence-electron chi connectivity index (χ4n) is 4.21. The minimum atomic E-state index is -0.875. The number of hydrogen-bond acceptors (Lipinski definition) is 4. The molecule has 134 valence electrons. The van der Waals surface area contributed by atoms with Crippen molar-refractivity contribution < 1.29 is 14.3 Å². The van der Waals surface area contributed by atoms with Crippen molar-refractivity contribution in [1.82, 2.24) is 5.32 Å². The van der Waals surface area contributed by atoms with E-state index >= 15 is 0 Å². The van der Waals surface area contributed by atoms with E-state index in [0.717, 1.165) is 30.8 Å². The quantitative estimate of drug-likeness (QED) is 0.869. The number of amides is 1. The molecule has 3 N–H and O–H groups in total. The van der Waals surface area contributed by atoms with E-state index in [2.05, 4.69) is 5.32 Å². The smallest absolute Gasteiger partial charge is 0.241 e. The van der Waals surface area contributed by atoms with Gasteiger partial charge in [0.1, 0.15) is 11.3 Å². The Balaban J connectivity index is 0.00000208. The highest BCUT2D eigenvalue weighted by molar-refractivity contribution is 5.89. The van der Waals surface area contributed by atoms with E-state index in [1.54, 1.807) is 7.11 Å². The fourth-order valence-corrected chi connectivity index (χ4v) is 4.21. The van der Waals surface area contributed by atoms with Gasteiger partial charge in [-0.25, -0.2) is 0 Å². The molecule has 1 saturated carbocycles. The maximum Gasteiger partial charge on any atom is 0.241 e. The van der Waals surface area contributed by atoms with Gasteiger partial charge in [-0.05, 0) is 18.9 Å². The Morgan fingerprint density at radius 3 is 2.83 bits per heavy atom. The van der Waals surface area contributed by atoms with Gasteiger partial charge in [0.15, 0.2) is 0 Å². The zero-order valence-electron chi connectivity index (χ0n) is 14.5. The van der Waals surface area contributed by atoms with Crippen LogP contribution in [0, 0.1) is 11.3 Å². The Morgan fingerprint density at radius 2 is 2.12 bits per heavy atom. The Hall–Kier alpha value is -1.30. The molecule has 1 aliphatic carbocycles. The average Bonchev–Trinajstić information content (AvgIpc) is 2.59. The van der Waals surface area contributed by atoms with E-state index in [1.807, 2.05) is 38.1 Å². The Bertz CT molecular complexity index is 608. The number of nitrogens with two attached hydrogens (primary N) is 1. The van der Waals surface area contributed by atoms with E-state index in [0.29, 0.717) is 6.54 Å². The molecular formula is C18H27ClN2O3. The topological polar surface area (TPSA) is 73.6 Å². The molecule has 1 amide bonds. The highest BCUT2D eigenvalue weighted by Crippen LogP contribution is 2.57. The largest absolute Gasteiger partial charge is 0.496 e. The summed E-state index contributed by atoms with van der Waals surface area (Å²) in [4.78, 5) is 12.9. The van der Waals surface area contributed by atoms with Crippen LogP contribution in [0.25, 0.3) is 0 Å². The molecule has 2 fully saturated rings. The molecule has 2 aliphatic rings. The summed E-state index contributed by atoms with van der Waals surface area (Å²) in [5.74, 6) is 0.773. The van der Waals surface area contributed by atoms with E-state index < -0.39 is 5.54 Å².